The van der Waals surface area contributed by atoms with Crippen LogP contribution < -0.4 is 21.1 Å². The van der Waals surface area contributed by atoms with Crippen molar-refractivity contribution in [2.24, 2.45) is 11.7 Å². The number of nitrogens with two attached hydrogens (primary N) is 1. The highest BCUT2D eigenvalue weighted by Gasteiger charge is 2.32. The predicted octanol–water partition coefficient (Wildman–Crippen LogP) is 3.41. The number of nitrogens with one attached hydrogen (secondary N) is 2. The number of benzene rings is 1. The van der Waals surface area contributed by atoms with Crippen molar-refractivity contribution in [2.75, 3.05) is 19.0 Å². The number of methoxy groups -OCH3 is 1. The number of hydrogen-bond acceptors (Lipinski definition) is 5. The monoisotopic (exact) mass is 413 g/mol. The van der Waals surface area contributed by atoms with Crippen LogP contribution in [0.2, 0.25) is 0 Å². The summed E-state index contributed by atoms with van der Waals surface area (Å²) in [6, 6.07) is 8.12. The van der Waals surface area contributed by atoms with Crippen molar-refractivity contribution < 1.29 is 14.3 Å². The number of hydrogen-bond donors (Lipinski definition) is 3. The van der Waals surface area contributed by atoms with Crippen molar-refractivity contribution in [2.45, 2.75) is 44.6 Å². The average Bonchev–Trinajstić information content (AvgIpc) is 3.48. The minimum Gasteiger partial charge on any atom is -0.497 e. The quantitative estimate of drug-likeness (QED) is 0.618. The Morgan fingerprint density at radius 3 is 2.59 bits per heavy atom. The van der Waals surface area contributed by atoms with E-state index in [0.29, 0.717) is 16.5 Å². The van der Waals surface area contributed by atoms with Crippen LogP contribution in [0.1, 0.15) is 58.1 Å². The van der Waals surface area contributed by atoms with E-state index in [4.69, 9.17) is 10.5 Å². The van der Waals surface area contributed by atoms with Gasteiger partial charge in [0.2, 0.25) is 5.91 Å². The molecule has 0 bridgehead atoms. The number of fused-ring (bicyclic) bond motifs is 1. The van der Waals surface area contributed by atoms with Crippen molar-refractivity contribution >= 4 is 28.2 Å². The molecule has 29 heavy (non-hydrogen) atoms. The van der Waals surface area contributed by atoms with E-state index in [1.807, 2.05) is 24.3 Å². The van der Waals surface area contributed by atoms with Crippen LogP contribution in [0.25, 0.3) is 0 Å². The highest BCUT2D eigenvalue weighted by atomic mass is 32.1. The molecular formula is C22H27N3O3S. The van der Waals surface area contributed by atoms with Crippen molar-refractivity contribution in [3.05, 3.63) is 45.8 Å². The van der Waals surface area contributed by atoms with Crippen LogP contribution in [0, 0.1) is 5.92 Å². The Kier molecular flexibility index (Phi) is 5.87. The third kappa shape index (κ3) is 4.46. The zero-order chi connectivity index (χ0) is 20.4. The average molecular weight is 414 g/mol. The first-order valence-corrected chi connectivity index (χ1v) is 11.0. The van der Waals surface area contributed by atoms with Crippen molar-refractivity contribution in [3.63, 3.8) is 0 Å². The van der Waals surface area contributed by atoms with E-state index in [9.17, 15) is 9.59 Å². The molecular weight excluding hydrogens is 386 g/mol. The molecule has 154 valence electrons. The molecule has 1 saturated carbocycles. The van der Waals surface area contributed by atoms with E-state index >= 15 is 0 Å². The zero-order valence-electron chi connectivity index (χ0n) is 16.6. The molecule has 1 unspecified atom stereocenters. The van der Waals surface area contributed by atoms with Gasteiger partial charge in [0.25, 0.3) is 5.91 Å². The summed E-state index contributed by atoms with van der Waals surface area (Å²) in [4.78, 5) is 25.8. The molecule has 2 aliphatic rings. The first-order chi connectivity index (χ1) is 14.1. The number of carbonyl (C=O) groups is 2. The van der Waals surface area contributed by atoms with Crippen molar-refractivity contribution in [1.82, 2.24) is 5.32 Å². The van der Waals surface area contributed by atoms with Crippen LogP contribution >= 0.6 is 11.3 Å². The second-order valence-corrected chi connectivity index (χ2v) is 8.90. The van der Waals surface area contributed by atoms with Gasteiger partial charge in [-0.2, -0.15) is 0 Å². The summed E-state index contributed by atoms with van der Waals surface area (Å²) in [5.41, 5.74) is 8.32. The first-order valence-electron chi connectivity index (χ1n) is 10.2. The van der Waals surface area contributed by atoms with E-state index in [2.05, 4.69) is 10.6 Å². The molecule has 0 aliphatic heterocycles. The molecule has 0 spiro atoms. The van der Waals surface area contributed by atoms with Gasteiger partial charge < -0.3 is 21.1 Å². The molecule has 0 radical (unpaired) electrons. The SMILES string of the molecule is COc1ccc(C(NCC(=O)Nc2sc3c(c2C(N)=O)CCCC3)C2CC2)cc1. The number of rotatable bonds is 8. The fourth-order valence-corrected chi connectivity index (χ4v) is 5.40. The molecule has 1 aromatic heterocycles. The summed E-state index contributed by atoms with van der Waals surface area (Å²) in [5, 5.41) is 6.93. The van der Waals surface area contributed by atoms with Crippen LogP contribution in [-0.2, 0) is 17.6 Å². The predicted molar refractivity (Wildman–Crippen MR) is 115 cm³/mol. The van der Waals surface area contributed by atoms with Gasteiger partial charge in [0, 0.05) is 10.9 Å². The van der Waals surface area contributed by atoms with Gasteiger partial charge in [0.15, 0.2) is 0 Å². The molecule has 1 heterocycles. The van der Waals surface area contributed by atoms with Crippen LogP contribution in [0.5, 0.6) is 5.75 Å². The van der Waals surface area contributed by atoms with Gasteiger partial charge in [-0.15, -0.1) is 11.3 Å². The Morgan fingerprint density at radius 1 is 1.21 bits per heavy atom. The van der Waals surface area contributed by atoms with Crippen LogP contribution in [-0.4, -0.2) is 25.5 Å². The number of aryl methyl sites for hydroxylation is 1. The molecule has 4 N–H and O–H groups in total. The number of anilines is 1. The number of thiophene rings is 1. The molecule has 6 nitrogen and oxygen atoms in total. The third-order valence-corrected chi connectivity index (χ3v) is 6.93. The Morgan fingerprint density at radius 2 is 1.93 bits per heavy atom. The topological polar surface area (TPSA) is 93.4 Å². The van der Waals surface area contributed by atoms with Crippen LogP contribution in [0.4, 0.5) is 5.00 Å². The van der Waals surface area contributed by atoms with Gasteiger partial charge in [-0.3, -0.25) is 9.59 Å². The van der Waals surface area contributed by atoms with Gasteiger partial charge >= 0.3 is 0 Å². The minimum absolute atomic E-state index is 0.138. The second kappa shape index (κ2) is 8.55. The number of ether oxygens (including phenoxy) is 1. The van der Waals surface area contributed by atoms with Gasteiger partial charge in [-0.25, -0.2) is 0 Å². The lowest BCUT2D eigenvalue weighted by Crippen LogP contribution is -2.32. The Balaban J connectivity index is 1.43. The second-order valence-electron chi connectivity index (χ2n) is 7.80. The van der Waals surface area contributed by atoms with E-state index < -0.39 is 5.91 Å². The molecule has 7 heteroatoms. The van der Waals surface area contributed by atoms with E-state index in [1.165, 1.54) is 16.2 Å². The highest BCUT2D eigenvalue weighted by Crippen LogP contribution is 2.41. The summed E-state index contributed by atoms with van der Waals surface area (Å²) in [7, 11) is 1.65. The fourth-order valence-electron chi connectivity index (χ4n) is 4.09. The number of carbonyl (C=O) groups excluding carboxylic acids is 2. The molecule has 4 rings (SSSR count). The summed E-state index contributed by atoms with van der Waals surface area (Å²) < 4.78 is 5.23. The largest absolute Gasteiger partial charge is 0.497 e. The number of primary amides is 1. The van der Waals surface area contributed by atoms with Gasteiger partial charge in [0.1, 0.15) is 10.8 Å². The normalized spacial score (nSPS) is 16.7. The molecule has 1 atom stereocenters. The summed E-state index contributed by atoms with van der Waals surface area (Å²) >= 11 is 1.50. The molecule has 2 amide bonds. The summed E-state index contributed by atoms with van der Waals surface area (Å²) in [6.45, 7) is 0.188. The summed E-state index contributed by atoms with van der Waals surface area (Å²) in [5.74, 6) is 0.764. The zero-order valence-corrected chi connectivity index (χ0v) is 17.4. The maximum Gasteiger partial charge on any atom is 0.251 e. The molecule has 0 saturated heterocycles. The molecule has 1 aromatic carbocycles. The number of amides is 2. The maximum atomic E-state index is 12.6. The third-order valence-electron chi connectivity index (χ3n) is 5.72. The van der Waals surface area contributed by atoms with Crippen molar-refractivity contribution in [3.8, 4) is 5.75 Å². The van der Waals surface area contributed by atoms with Gasteiger partial charge in [-0.1, -0.05) is 12.1 Å². The maximum absolute atomic E-state index is 12.6. The highest BCUT2D eigenvalue weighted by molar-refractivity contribution is 7.17. The van der Waals surface area contributed by atoms with Gasteiger partial charge in [0.05, 0.1) is 19.2 Å². The van der Waals surface area contributed by atoms with Crippen LogP contribution in [0.15, 0.2) is 24.3 Å². The molecule has 2 aliphatic carbocycles. The Bertz CT molecular complexity index is 903. The van der Waals surface area contributed by atoms with Crippen molar-refractivity contribution in [1.29, 1.82) is 0 Å². The van der Waals surface area contributed by atoms with Gasteiger partial charge in [-0.05, 0) is 67.7 Å². The van der Waals surface area contributed by atoms with Crippen LogP contribution in [0.3, 0.4) is 0 Å². The lowest BCUT2D eigenvalue weighted by molar-refractivity contribution is -0.115. The smallest absolute Gasteiger partial charge is 0.251 e. The fraction of sp³-hybridized carbons (Fsp3) is 0.455. The van der Waals surface area contributed by atoms with E-state index in [1.54, 1.807) is 7.11 Å². The Hall–Kier alpha value is -2.38. The lowest BCUT2D eigenvalue weighted by atomic mass is 9.95. The lowest BCUT2D eigenvalue weighted by Gasteiger charge is -2.19. The standard InChI is InChI=1S/C22H27N3O3S/c1-28-15-10-8-14(9-11-15)20(13-6-7-13)24-12-18(26)25-22-19(21(23)27)16-4-2-3-5-17(16)29-22/h8-11,13,20,24H,2-7,12H2,1H3,(H2,23,27)(H,25,26). The minimum atomic E-state index is -0.457. The molecule has 2 aromatic rings. The Labute approximate surface area is 174 Å². The first kappa shape index (κ1) is 19.9. The molecule has 1 fully saturated rings. The van der Waals surface area contributed by atoms with E-state index in [0.717, 1.165) is 55.4 Å². The van der Waals surface area contributed by atoms with E-state index in [-0.39, 0.29) is 18.5 Å². The summed E-state index contributed by atoms with van der Waals surface area (Å²) in [6.07, 6.45) is 6.31.